The van der Waals surface area contributed by atoms with Gasteiger partial charge in [0.1, 0.15) is 5.01 Å². The minimum absolute atomic E-state index is 0.312. The lowest BCUT2D eigenvalue weighted by Gasteiger charge is -2.27. The average molecular weight is 275 g/mol. The normalized spacial score (nSPS) is 24.5. The lowest BCUT2D eigenvalue weighted by Crippen LogP contribution is -2.32. The predicted molar refractivity (Wildman–Crippen MR) is 71.7 cm³/mol. The Morgan fingerprint density at radius 3 is 3.24 bits per heavy atom. The van der Waals surface area contributed by atoms with Crippen LogP contribution in [-0.2, 0) is 10.6 Å². The van der Waals surface area contributed by atoms with Crippen LogP contribution < -0.4 is 0 Å². The van der Waals surface area contributed by atoms with Crippen molar-refractivity contribution in [1.29, 1.82) is 0 Å². The molecule has 3 nitrogen and oxygen atoms in total. The minimum atomic E-state index is 0.312. The second-order valence-electron chi connectivity index (χ2n) is 4.52. The number of aromatic nitrogens is 1. The van der Waals surface area contributed by atoms with Gasteiger partial charge in [-0.15, -0.1) is 22.9 Å². The third-order valence-electron chi connectivity index (χ3n) is 3.10. The highest BCUT2D eigenvalue weighted by Crippen LogP contribution is 2.25. The molecule has 0 spiro atoms. The summed E-state index contributed by atoms with van der Waals surface area (Å²) in [7, 11) is 0. The van der Waals surface area contributed by atoms with Crippen LogP contribution in [0.3, 0.4) is 0 Å². The lowest BCUT2D eigenvalue weighted by molar-refractivity contribution is 0.0619. The van der Waals surface area contributed by atoms with Crippen LogP contribution in [0.15, 0.2) is 5.38 Å². The van der Waals surface area contributed by atoms with Crippen molar-refractivity contribution in [3.63, 3.8) is 0 Å². The SMILES string of the molecule is CC1CN(C(C)c2nc(CCl)cs2)CCCO1. The summed E-state index contributed by atoms with van der Waals surface area (Å²) in [5.74, 6) is 0.503. The molecule has 0 saturated carbocycles. The van der Waals surface area contributed by atoms with Gasteiger partial charge in [-0.2, -0.15) is 0 Å². The molecule has 17 heavy (non-hydrogen) atoms. The van der Waals surface area contributed by atoms with E-state index >= 15 is 0 Å². The highest BCUT2D eigenvalue weighted by Gasteiger charge is 2.22. The molecule has 1 saturated heterocycles. The van der Waals surface area contributed by atoms with Crippen LogP contribution >= 0.6 is 22.9 Å². The molecular weight excluding hydrogens is 256 g/mol. The van der Waals surface area contributed by atoms with E-state index in [4.69, 9.17) is 16.3 Å². The predicted octanol–water partition coefficient (Wildman–Crippen LogP) is 3.05. The molecule has 1 aromatic rings. The average Bonchev–Trinajstić information content (AvgIpc) is 2.71. The second-order valence-corrected chi connectivity index (χ2v) is 5.67. The van der Waals surface area contributed by atoms with Gasteiger partial charge in [-0.1, -0.05) is 0 Å². The van der Waals surface area contributed by atoms with Crippen molar-refractivity contribution in [3.05, 3.63) is 16.1 Å². The summed E-state index contributed by atoms with van der Waals surface area (Å²) in [5.41, 5.74) is 0.984. The first-order chi connectivity index (χ1) is 8.20. The number of hydrogen-bond donors (Lipinski definition) is 0. The molecule has 0 aliphatic carbocycles. The molecule has 2 atom stereocenters. The van der Waals surface area contributed by atoms with Gasteiger partial charge in [0.2, 0.25) is 0 Å². The maximum absolute atomic E-state index is 5.79. The molecule has 0 aromatic carbocycles. The van der Waals surface area contributed by atoms with E-state index < -0.39 is 0 Å². The highest BCUT2D eigenvalue weighted by molar-refractivity contribution is 7.09. The van der Waals surface area contributed by atoms with Crippen LogP contribution in [0.5, 0.6) is 0 Å². The summed E-state index contributed by atoms with van der Waals surface area (Å²) in [6, 6.07) is 0.362. The number of rotatable bonds is 3. The first kappa shape index (κ1) is 13.3. The Balaban J connectivity index is 2.04. The van der Waals surface area contributed by atoms with Gasteiger partial charge in [0.15, 0.2) is 0 Å². The van der Waals surface area contributed by atoms with Gasteiger partial charge < -0.3 is 4.74 Å². The van der Waals surface area contributed by atoms with E-state index in [9.17, 15) is 0 Å². The molecule has 0 bridgehead atoms. The van der Waals surface area contributed by atoms with Crippen LogP contribution in [0.1, 0.15) is 37.0 Å². The fraction of sp³-hybridized carbons (Fsp3) is 0.750. The first-order valence-electron chi connectivity index (χ1n) is 6.06. The third kappa shape index (κ3) is 3.41. The number of ether oxygens (including phenoxy) is 1. The quantitative estimate of drug-likeness (QED) is 0.792. The van der Waals surface area contributed by atoms with E-state index in [0.29, 0.717) is 18.0 Å². The molecule has 5 heteroatoms. The Bertz CT molecular complexity index is 358. The zero-order valence-electron chi connectivity index (χ0n) is 10.4. The van der Waals surface area contributed by atoms with Crippen molar-refractivity contribution >= 4 is 22.9 Å². The van der Waals surface area contributed by atoms with Crippen molar-refractivity contribution in [1.82, 2.24) is 9.88 Å². The summed E-state index contributed by atoms with van der Waals surface area (Å²) in [6.07, 6.45) is 1.41. The summed E-state index contributed by atoms with van der Waals surface area (Å²) in [4.78, 5) is 7.02. The number of nitrogens with zero attached hydrogens (tertiary/aromatic N) is 2. The van der Waals surface area contributed by atoms with Crippen molar-refractivity contribution < 1.29 is 4.74 Å². The third-order valence-corrected chi connectivity index (χ3v) is 4.43. The van der Waals surface area contributed by atoms with E-state index in [0.717, 1.165) is 36.8 Å². The van der Waals surface area contributed by atoms with Gasteiger partial charge in [0.25, 0.3) is 0 Å². The number of alkyl halides is 1. The van der Waals surface area contributed by atoms with Gasteiger partial charge in [0, 0.05) is 25.1 Å². The Hall–Kier alpha value is -0.160. The maximum atomic E-state index is 5.79. The zero-order chi connectivity index (χ0) is 12.3. The molecule has 1 aromatic heterocycles. The number of thiazole rings is 1. The minimum Gasteiger partial charge on any atom is -0.377 e. The Morgan fingerprint density at radius 2 is 2.53 bits per heavy atom. The molecule has 1 aliphatic rings. The number of halogens is 1. The van der Waals surface area contributed by atoms with Crippen molar-refractivity contribution in [2.45, 2.75) is 38.3 Å². The molecular formula is C12H19ClN2OS. The summed E-state index contributed by atoms with van der Waals surface area (Å²) in [6.45, 7) is 7.29. The van der Waals surface area contributed by atoms with Gasteiger partial charge in [-0.05, 0) is 20.3 Å². The monoisotopic (exact) mass is 274 g/mol. The van der Waals surface area contributed by atoms with Crippen LogP contribution in [0.2, 0.25) is 0 Å². The number of hydrogen-bond acceptors (Lipinski definition) is 4. The van der Waals surface area contributed by atoms with E-state index in [1.54, 1.807) is 11.3 Å². The summed E-state index contributed by atoms with van der Waals surface area (Å²) >= 11 is 7.50. The van der Waals surface area contributed by atoms with Gasteiger partial charge >= 0.3 is 0 Å². The van der Waals surface area contributed by atoms with E-state index in [-0.39, 0.29) is 0 Å². The largest absolute Gasteiger partial charge is 0.377 e. The molecule has 1 fully saturated rings. The highest BCUT2D eigenvalue weighted by atomic mass is 35.5. The topological polar surface area (TPSA) is 25.4 Å². The van der Waals surface area contributed by atoms with Crippen molar-refractivity contribution in [3.8, 4) is 0 Å². The molecule has 96 valence electrons. The van der Waals surface area contributed by atoms with Crippen molar-refractivity contribution in [2.75, 3.05) is 19.7 Å². The van der Waals surface area contributed by atoms with E-state index in [1.165, 1.54) is 0 Å². The van der Waals surface area contributed by atoms with Crippen LogP contribution in [-0.4, -0.2) is 35.7 Å². The summed E-state index contributed by atoms with van der Waals surface area (Å²) < 4.78 is 5.67. The molecule has 2 rings (SSSR count). The van der Waals surface area contributed by atoms with Crippen LogP contribution in [0.25, 0.3) is 0 Å². The molecule has 2 unspecified atom stereocenters. The molecule has 0 amide bonds. The molecule has 1 aliphatic heterocycles. The standard InChI is InChI=1S/C12H19ClN2OS/c1-9-7-15(4-3-5-16-9)10(2)12-14-11(6-13)8-17-12/h8-10H,3-7H2,1-2H3. The maximum Gasteiger partial charge on any atom is 0.110 e. The van der Waals surface area contributed by atoms with E-state index in [1.807, 2.05) is 0 Å². The van der Waals surface area contributed by atoms with Gasteiger partial charge in [0.05, 0.1) is 23.7 Å². The summed E-state index contributed by atoms with van der Waals surface area (Å²) in [5, 5.41) is 3.21. The second kappa shape index (κ2) is 6.14. The fourth-order valence-corrected chi connectivity index (χ4v) is 3.25. The Kier molecular flexibility index (Phi) is 4.79. The van der Waals surface area contributed by atoms with Gasteiger partial charge in [-0.3, -0.25) is 4.90 Å². The van der Waals surface area contributed by atoms with Crippen molar-refractivity contribution in [2.24, 2.45) is 0 Å². The molecule has 0 radical (unpaired) electrons. The lowest BCUT2D eigenvalue weighted by atomic mass is 10.2. The van der Waals surface area contributed by atoms with E-state index in [2.05, 4.69) is 29.1 Å². The molecule has 2 heterocycles. The fourth-order valence-electron chi connectivity index (χ4n) is 2.11. The van der Waals surface area contributed by atoms with Crippen LogP contribution in [0, 0.1) is 0 Å². The zero-order valence-corrected chi connectivity index (χ0v) is 11.9. The van der Waals surface area contributed by atoms with Gasteiger partial charge in [-0.25, -0.2) is 4.98 Å². The first-order valence-corrected chi connectivity index (χ1v) is 7.48. The van der Waals surface area contributed by atoms with Crippen LogP contribution in [0.4, 0.5) is 0 Å². The smallest absolute Gasteiger partial charge is 0.110 e. The Morgan fingerprint density at radius 1 is 1.71 bits per heavy atom. The molecule has 0 N–H and O–H groups in total. The Labute approximate surface area is 112 Å².